The number of carbonyl (C=O) groups excluding carboxylic acids is 1. The first-order valence-electron chi connectivity index (χ1n) is 5.16. The van der Waals surface area contributed by atoms with Crippen LogP contribution < -0.4 is 0 Å². The van der Waals surface area contributed by atoms with Gasteiger partial charge in [0.15, 0.2) is 0 Å². The third kappa shape index (κ3) is 2.96. The van der Waals surface area contributed by atoms with Crippen LogP contribution in [0.3, 0.4) is 0 Å². The van der Waals surface area contributed by atoms with E-state index < -0.39 is 0 Å². The van der Waals surface area contributed by atoms with Crippen molar-refractivity contribution in [1.82, 2.24) is 9.80 Å². The quantitative estimate of drug-likeness (QED) is 0.678. The summed E-state index contributed by atoms with van der Waals surface area (Å²) in [5.74, 6) is 0.199. The molecule has 4 heteroatoms. The molecular formula is C10H20N2O2. The molecule has 1 heterocycles. The lowest BCUT2D eigenvalue weighted by atomic mass is 10.2. The fraction of sp³-hybridized carbons (Fsp3) is 0.900. The lowest BCUT2D eigenvalue weighted by Gasteiger charge is -2.28. The molecule has 14 heavy (non-hydrogen) atoms. The van der Waals surface area contributed by atoms with Crippen LogP contribution in [0.2, 0.25) is 0 Å². The molecule has 0 saturated carbocycles. The molecule has 0 aromatic heterocycles. The van der Waals surface area contributed by atoms with E-state index in [0.717, 1.165) is 13.1 Å². The summed E-state index contributed by atoms with van der Waals surface area (Å²) >= 11 is 0. The van der Waals surface area contributed by atoms with Crippen molar-refractivity contribution >= 4 is 5.91 Å². The molecule has 4 nitrogen and oxygen atoms in total. The Balaban J connectivity index is 2.56. The first kappa shape index (κ1) is 11.5. The molecule has 0 aliphatic carbocycles. The standard InChI is InChI=1S/C10H20N2O2/c1-8-6-11(3)10(14)4-5-12(8)7-9(2)13/h8-9,13H,4-7H2,1-3H3. The van der Waals surface area contributed by atoms with Gasteiger partial charge in [-0.2, -0.15) is 0 Å². The molecule has 0 radical (unpaired) electrons. The van der Waals surface area contributed by atoms with Gasteiger partial charge in [0.25, 0.3) is 0 Å². The van der Waals surface area contributed by atoms with Crippen molar-refractivity contribution in [3.63, 3.8) is 0 Å². The van der Waals surface area contributed by atoms with E-state index in [1.807, 2.05) is 7.05 Å². The van der Waals surface area contributed by atoms with Gasteiger partial charge in [0, 0.05) is 39.1 Å². The van der Waals surface area contributed by atoms with E-state index in [-0.39, 0.29) is 12.0 Å². The van der Waals surface area contributed by atoms with E-state index in [1.165, 1.54) is 0 Å². The van der Waals surface area contributed by atoms with E-state index in [1.54, 1.807) is 11.8 Å². The lowest BCUT2D eigenvalue weighted by molar-refractivity contribution is -0.129. The van der Waals surface area contributed by atoms with Gasteiger partial charge in [0.1, 0.15) is 0 Å². The molecule has 0 aromatic rings. The molecule has 82 valence electrons. The minimum atomic E-state index is -0.323. The van der Waals surface area contributed by atoms with Gasteiger partial charge in [-0.3, -0.25) is 9.69 Å². The Kier molecular flexibility index (Phi) is 3.89. The fourth-order valence-electron chi connectivity index (χ4n) is 1.87. The van der Waals surface area contributed by atoms with Crippen molar-refractivity contribution in [2.45, 2.75) is 32.4 Å². The number of aliphatic hydroxyl groups is 1. The Hall–Kier alpha value is -0.610. The van der Waals surface area contributed by atoms with Crippen LogP contribution in [0, 0.1) is 0 Å². The van der Waals surface area contributed by atoms with Gasteiger partial charge in [-0.05, 0) is 13.8 Å². The number of hydrogen-bond acceptors (Lipinski definition) is 3. The zero-order valence-electron chi connectivity index (χ0n) is 9.23. The summed E-state index contributed by atoms with van der Waals surface area (Å²) in [4.78, 5) is 15.4. The highest BCUT2D eigenvalue weighted by atomic mass is 16.3. The predicted octanol–water partition coefficient (Wildman–Crippen LogP) is -0.0802. The van der Waals surface area contributed by atoms with Crippen molar-refractivity contribution in [2.24, 2.45) is 0 Å². The van der Waals surface area contributed by atoms with E-state index in [4.69, 9.17) is 0 Å². The smallest absolute Gasteiger partial charge is 0.223 e. The molecule has 1 rings (SSSR count). The zero-order chi connectivity index (χ0) is 10.7. The zero-order valence-corrected chi connectivity index (χ0v) is 9.23. The number of nitrogens with zero attached hydrogens (tertiary/aromatic N) is 2. The van der Waals surface area contributed by atoms with Crippen molar-refractivity contribution in [2.75, 3.05) is 26.7 Å². The van der Waals surface area contributed by atoms with Crippen molar-refractivity contribution in [3.05, 3.63) is 0 Å². The van der Waals surface area contributed by atoms with Crippen LogP contribution in [0.5, 0.6) is 0 Å². The molecule has 1 N–H and O–H groups in total. The number of aliphatic hydroxyl groups excluding tert-OH is 1. The number of β-amino-alcohol motifs (C(OH)–C–C–N with tert-alkyl or cyclic N) is 1. The predicted molar refractivity (Wildman–Crippen MR) is 55.0 cm³/mol. The van der Waals surface area contributed by atoms with Gasteiger partial charge in [-0.25, -0.2) is 0 Å². The molecular weight excluding hydrogens is 180 g/mol. The summed E-state index contributed by atoms with van der Waals surface area (Å²) in [5, 5.41) is 9.31. The largest absolute Gasteiger partial charge is 0.392 e. The highest BCUT2D eigenvalue weighted by molar-refractivity contribution is 5.76. The lowest BCUT2D eigenvalue weighted by Crippen LogP contribution is -2.41. The molecule has 1 aliphatic rings. The third-order valence-corrected chi connectivity index (χ3v) is 2.70. The monoisotopic (exact) mass is 200 g/mol. The van der Waals surface area contributed by atoms with Crippen LogP contribution in [-0.2, 0) is 4.79 Å². The van der Waals surface area contributed by atoms with Gasteiger partial charge in [0.2, 0.25) is 5.91 Å². The minimum Gasteiger partial charge on any atom is -0.392 e. The number of carbonyl (C=O) groups is 1. The molecule has 1 saturated heterocycles. The van der Waals surface area contributed by atoms with E-state index in [0.29, 0.717) is 19.0 Å². The van der Waals surface area contributed by atoms with Crippen LogP contribution in [0.1, 0.15) is 20.3 Å². The summed E-state index contributed by atoms with van der Waals surface area (Å²) in [5.41, 5.74) is 0. The Labute approximate surface area is 85.5 Å². The summed E-state index contributed by atoms with van der Waals surface area (Å²) in [6.45, 7) is 6.05. The van der Waals surface area contributed by atoms with Crippen LogP contribution in [0.25, 0.3) is 0 Å². The van der Waals surface area contributed by atoms with E-state index in [9.17, 15) is 9.90 Å². The first-order valence-corrected chi connectivity index (χ1v) is 5.16. The molecule has 1 amide bonds. The van der Waals surface area contributed by atoms with Crippen molar-refractivity contribution in [1.29, 1.82) is 0 Å². The number of hydrogen-bond donors (Lipinski definition) is 1. The fourth-order valence-corrected chi connectivity index (χ4v) is 1.87. The SMILES string of the molecule is CC(O)CN1CCC(=O)N(C)CC1C. The van der Waals surface area contributed by atoms with Crippen molar-refractivity contribution in [3.8, 4) is 0 Å². The normalized spacial score (nSPS) is 27.6. The van der Waals surface area contributed by atoms with Crippen LogP contribution in [-0.4, -0.2) is 59.6 Å². The summed E-state index contributed by atoms with van der Waals surface area (Å²) in [7, 11) is 1.84. The Bertz CT molecular complexity index is 206. The summed E-state index contributed by atoms with van der Waals surface area (Å²) in [6, 6.07) is 0.334. The topological polar surface area (TPSA) is 43.8 Å². The highest BCUT2D eigenvalue weighted by Gasteiger charge is 2.24. The second kappa shape index (κ2) is 4.75. The summed E-state index contributed by atoms with van der Waals surface area (Å²) < 4.78 is 0. The molecule has 1 aliphatic heterocycles. The second-order valence-corrected chi connectivity index (χ2v) is 4.22. The van der Waals surface area contributed by atoms with Crippen LogP contribution in [0.4, 0.5) is 0 Å². The van der Waals surface area contributed by atoms with Crippen molar-refractivity contribution < 1.29 is 9.90 Å². The maximum Gasteiger partial charge on any atom is 0.223 e. The van der Waals surface area contributed by atoms with Crippen LogP contribution in [0.15, 0.2) is 0 Å². The Morgan fingerprint density at radius 2 is 2.29 bits per heavy atom. The van der Waals surface area contributed by atoms with Crippen LogP contribution >= 0.6 is 0 Å². The van der Waals surface area contributed by atoms with Gasteiger partial charge < -0.3 is 10.0 Å². The van der Waals surface area contributed by atoms with E-state index >= 15 is 0 Å². The van der Waals surface area contributed by atoms with Gasteiger partial charge in [0.05, 0.1) is 6.10 Å². The number of likely N-dealkylation sites (N-methyl/N-ethyl adjacent to an activating group) is 1. The maximum atomic E-state index is 11.4. The molecule has 2 atom stereocenters. The molecule has 0 spiro atoms. The number of rotatable bonds is 2. The highest BCUT2D eigenvalue weighted by Crippen LogP contribution is 2.09. The average molecular weight is 200 g/mol. The van der Waals surface area contributed by atoms with Gasteiger partial charge in [-0.15, -0.1) is 0 Å². The molecule has 0 bridgehead atoms. The number of amides is 1. The van der Waals surface area contributed by atoms with Gasteiger partial charge >= 0.3 is 0 Å². The first-order chi connectivity index (χ1) is 6.50. The third-order valence-electron chi connectivity index (χ3n) is 2.70. The minimum absolute atomic E-state index is 0.199. The molecule has 2 unspecified atom stereocenters. The molecule has 0 aromatic carbocycles. The maximum absolute atomic E-state index is 11.4. The van der Waals surface area contributed by atoms with E-state index in [2.05, 4.69) is 11.8 Å². The van der Waals surface area contributed by atoms with Gasteiger partial charge in [-0.1, -0.05) is 0 Å². The molecule has 1 fully saturated rings. The Morgan fingerprint density at radius 1 is 1.64 bits per heavy atom. The second-order valence-electron chi connectivity index (χ2n) is 4.22. The average Bonchev–Trinajstić information content (AvgIpc) is 2.18. The Morgan fingerprint density at radius 3 is 2.86 bits per heavy atom. The summed E-state index contributed by atoms with van der Waals surface area (Å²) in [6.07, 6.45) is 0.240.